The fourth-order valence-corrected chi connectivity index (χ4v) is 4.34. The highest BCUT2D eigenvalue weighted by molar-refractivity contribution is 7.93. The van der Waals surface area contributed by atoms with Crippen LogP contribution >= 0.6 is 0 Å². The number of para-hydroxylation sites is 1. The molecule has 1 N–H and O–H groups in total. The lowest BCUT2D eigenvalue weighted by atomic mass is 10.1. The number of fused-ring (bicyclic) bond motifs is 1. The van der Waals surface area contributed by atoms with Gasteiger partial charge >= 0.3 is 0 Å². The zero-order valence-electron chi connectivity index (χ0n) is 14.2. The normalized spacial score (nSPS) is 15.2. The molecule has 0 unspecified atom stereocenters. The number of nitrogens with zero attached hydrogens (tertiary/aromatic N) is 4. The molecule has 4 rings (SSSR count). The number of hydrogen-bond donors (Lipinski definition) is 1. The van der Waals surface area contributed by atoms with Crippen molar-refractivity contribution >= 4 is 32.6 Å². The Morgan fingerprint density at radius 1 is 0.923 bits per heavy atom. The minimum absolute atomic E-state index is 0.135. The van der Waals surface area contributed by atoms with Crippen LogP contribution in [0.15, 0.2) is 53.8 Å². The monoisotopic (exact) mass is 369 g/mol. The van der Waals surface area contributed by atoms with E-state index in [9.17, 15) is 8.42 Å². The van der Waals surface area contributed by atoms with E-state index >= 15 is 0 Å². The molecule has 2 aromatic heterocycles. The lowest BCUT2D eigenvalue weighted by molar-refractivity contribution is 0.568. The van der Waals surface area contributed by atoms with E-state index in [1.807, 2.05) is 12.1 Å². The first kappa shape index (κ1) is 16.7. The summed E-state index contributed by atoms with van der Waals surface area (Å²) in [5.41, 5.74) is 0.770. The molecule has 1 fully saturated rings. The number of rotatable bonds is 4. The summed E-state index contributed by atoms with van der Waals surface area (Å²) in [7, 11) is -3.78. The van der Waals surface area contributed by atoms with Gasteiger partial charge in [0.1, 0.15) is 4.90 Å². The minimum Gasteiger partial charge on any atom is -0.341 e. The third kappa shape index (κ3) is 3.32. The smallest absolute Gasteiger partial charge is 0.264 e. The van der Waals surface area contributed by atoms with Crippen molar-refractivity contribution < 1.29 is 8.42 Å². The van der Waals surface area contributed by atoms with Crippen molar-refractivity contribution in [2.24, 2.45) is 0 Å². The lowest BCUT2D eigenvalue weighted by Crippen LogP contribution is -2.30. The molecule has 0 aliphatic carbocycles. The first-order chi connectivity index (χ1) is 12.6. The molecular weight excluding hydrogens is 350 g/mol. The third-order valence-electron chi connectivity index (χ3n) is 4.41. The largest absolute Gasteiger partial charge is 0.341 e. The van der Waals surface area contributed by atoms with E-state index in [2.05, 4.69) is 24.6 Å². The van der Waals surface area contributed by atoms with Crippen molar-refractivity contribution in [3.63, 3.8) is 0 Å². The summed E-state index contributed by atoms with van der Waals surface area (Å²) in [6, 6.07) is 8.68. The molecule has 1 aromatic carbocycles. The van der Waals surface area contributed by atoms with Crippen molar-refractivity contribution in [2.75, 3.05) is 22.7 Å². The summed E-state index contributed by atoms with van der Waals surface area (Å²) in [5, 5.41) is 0.770. The predicted octanol–water partition coefficient (Wildman–Crippen LogP) is 2.82. The van der Waals surface area contributed by atoms with Crippen LogP contribution in [0, 0.1) is 0 Å². The van der Waals surface area contributed by atoms with Gasteiger partial charge in [0.2, 0.25) is 5.95 Å². The Bertz CT molecular complexity index is 1010. The standard InChI is InChI=1S/C18H19N5O2S/c24-26(25,16-8-4-6-14-7-5-9-19-17(14)16)22-15-12-20-18(21-13-15)23-10-2-1-3-11-23/h4-9,12-13,22H,1-3,10-11H2. The van der Waals surface area contributed by atoms with E-state index < -0.39 is 10.0 Å². The highest BCUT2D eigenvalue weighted by Gasteiger charge is 2.19. The molecule has 0 radical (unpaired) electrons. The molecule has 1 aliphatic heterocycles. The van der Waals surface area contributed by atoms with Crippen LogP contribution in [0.1, 0.15) is 19.3 Å². The highest BCUT2D eigenvalue weighted by atomic mass is 32.2. The Hall–Kier alpha value is -2.74. The van der Waals surface area contributed by atoms with Gasteiger partial charge in [-0.15, -0.1) is 0 Å². The van der Waals surface area contributed by atoms with E-state index in [4.69, 9.17) is 0 Å². The molecule has 0 bridgehead atoms. The van der Waals surface area contributed by atoms with Crippen LogP contribution < -0.4 is 9.62 Å². The van der Waals surface area contributed by atoms with Crippen molar-refractivity contribution in [3.05, 3.63) is 48.9 Å². The van der Waals surface area contributed by atoms with E-state index in [0.717, 1.165) is 31.3 Å². The van der Waals surface area contributed by atoms with Crippen molar-refractivity contribution in [1.82, 2.24) is 15.0 Å². The van der Waals surface area contributed by atoms with Gasteiger partial charge in [-0.25, -0.2) is 18.4 Å². The van der Waals surface area contributed by atoms with Gasteiger partial charge in [-0.1, -0.05) is 18.2 Å². The zero-order valence-corrected chi connectivity index (χ0v) is 15.0. The number of sulfonamides is 1. The second kappa shape index (κ2) is 6.87. The second-order valence-corrected chi connectivity index (χ2v) is 7.91. The molecule has 26 heavy (non-hydrogen) atoms. The Morgan fingerprint density at radius 3 is 2.42 bits per heavy atom. The molecule has 0 spiro atoms. The molecule has 134 valence electrons. The van der Waals surface area contributed by atoms with Gasteiger partial charge in [-0.3, -0.25) is 9.71 Å². The number of aromatic nitrogens is 3. The van der Waals surface area contributed by atoms with E-state index in [-0.39, 0.29) is 4.90 Å². The van der Waals surface area contributed by atoms with Crippen LogP contribution in [0.4, 0.5) is 11.6 Å². The molecule has 7 nitrogen and oxygen atoms in total. The third-order valence-corrected chi connectivity index (χ3v) is 5.83. The molecule has 1 aliphatic rings. The van der Waals surface area contributed by atoms with Gasteiger partial charge in [-0.05, 0) is 31.4 Å². The van der Waals surface area contributed by atoms with Crippen LogP contribution in [0.3, 0.4) is 0 Å². The maximum absolute atomic E-state index is 12.8. The average Bonchev–Trinajstić information content (AvgIpc) is 2.68. The highest BCUT2D eigenvalue weighted by Crippen LogP contribution is 2.23. The molecule has 0 amide bonds. The Balaban J connectivity index is 1.59. The summed E-state index contributed by atoms with van der Waals surface area (Å²) >= 11 is 0. The van der Waals surface area contributed by atoms with Gasteiger partial charge in [0.05, 0.1) is 23.6 Å². The Kier molecular flexibility index (Phi) is 4.42. The Labute approximate surface area is 152 Å². The summed E-state index contributed by atoms with van der Waals surface area (Å²) < 4.78 is 28.1. The molecular formula is C18H19N5O2S. The molecule has 0 saturated carbocycles. The summed E-state index contributed by atoms with van der Waals surface area (Å²) in [4.78, 5) is 15.1. The fourth-order valence-electron chi connectivity index (χ4n) is 3.13. The lowest BCUT2D eigenvalue weighted by Gasteiger charge is -2.26. The minimum atomic E-state index is -3.78. The van der Waals surface area contributed by atoms with Crippen molar-refractivity contribution in [1.29, 1.82) is 0 Å². The summed E-state index contributed by atoms with van der Waals surface area (Å²) in [6.45, 7) is 1.87. The molecule has 3 aromatic rings. The summed E-state index contributed by atoms with van der Waals surface area (Å²) in [6.07, 6.45) is 8.09. The topological polar surface area (TPSA) is 88.1 Å². The molecule has 0 atom stereocenters. The van der Waals surface area contributed by atoms with E-state index in [1.165, 1.54) is 18.8 Å². The SMILES string of the molecule is O=S(=O)(Nc1cnc(N2CCCCC2)nc1)c1cccc2cccnc12. The van der Waals surface area contributed by atoms with Crippen LogP contribution in [-0.2, 0) is 10.0 Å². The van der Waals surface area contributed by atoms with Crippen LogP contribution in [-0.4, -0.2) is 36.5 Å². The maximum atomic E-state index is 12.8. The first-order valence-corrected chi connectivity index (χ1v) is 10.1. The van der Waals surface area contributed by atoms with E-state index in [1.54, 1.807) is 24.4 Å². The number of nitrogens with one attached hydrogen (secondary N) is 1. The second-order valence-electron chi connectivity index (χ2n) is 6.26. The van der Waals surface area contributed by atoms with Crippen LogP contribution in [0.5, 0.6) is 0 Å². The summed E-state index contributed by atoms with van der Waals surface area (Å²) in [5.74, 6) is 0.638. The fraction of sp³-hybridized carbons (Fsp3) is 0.278. The van der Waals surface area contributed by atoms with Gasteiger partial charge in [0.25, 0.3) is 10.0 Å². The number of anilines is 2. The molecule has 1 saturated heterocycles. The van der Waals surface area contributed by atoms with Gasteiger partial charge in [-0.2, -0.15) is 0 Å². The number of pyridine rings is 1. The molecule has 3 heterocycles. The number of piperidine rings is 1. The zero-order chi connectivity index (χ0) is 18.0. The van der Waals surface area contributed by atoms with E-state index in [0.29, 0.717) is 17.2 Å². The molecule has 8 heteroatoms. The van der Waals surface area contributed by atoms with Crippen LogP contribution in [0.2, 0.25) is 0 Å². The van der Waals surface area contributed by atoms with Gasteiger partial charge < -0.3 is 4.90 Å². The Morgan fingerprint density at radius 2 is 1.65 bits per heavy atom. The number of hydrogen-bond acceptors (Lipinski definition) is 6. The quantitative estimate of drug-likeness (QED) is 0.761. The first-order valence-electron chi connectivity index (χ1n) is 8.57. The van der Waals surface area contributed by atoms with Gasteiger partial charge in [0.15, 0.2) is 0 Å². The van der Waals surface area contributed by atoms with Gasteiger partial charge in [0, 0.05) is 24.7 Å². The van der Waals surface area contributed by atoms with Crippen molar-refractivity contribution in [2.45, 2.75) is 24.2 Å². The average molecular weight is 369 g/mol. The number of benzene rings is 1. The van der Waals surface area contributed by atoms with Crippen LogP contribution in [0.25, 0.3) is 10.9 Å². The van der Waals surface area contributed by atoms with Crippen molar-refractivity contribution in [3.8, 4) is 0 Å². The predicted molar refractivity (Wildman–Crippen MR) is 101 cm³/mol. The maximum Gasteiger partial charge on any atom is 0.264 e.